The minimum absolute atomic E-state index is 0.109. The number of nitrogens with one attached hydrogen (secondary N) is 3. The highest BCUT2D eigenvalue weighted by molar-refractivity contribution is 5.83. The Morgan fingerprint density at radius 3 is 2.80 bits per heavy atom. The molecule has 0 spiro atoms. The molecular weight excluding hydrogens is 256 g/mol. The van der Waals surface area contributed by atoms with Gasteiger partial charge < -0.3 is 20.7 Å². The summed E-state index contributed by atoms with van der Waals surface area (Å²) in [6.45, 7) is 7.60. The highest BCUT2D eigenvalue weighted by Crippen LogP contribution is 2.21. The Bertz CT molecular complexity index is 565. The van der Waals surface area contributed by atoms with E-state index in [2.05, 4.69) is 37.5 Å². The van der Waals surface area contributed by atoms with Crippen LogP contribution in [-0.2, 0) is 0 Å². The van der Waals surface area contributed by atoms with Gasteiger partial charge >= 0.3 is 0 Å². The van der Waals surface area contributed by atoms with Crippen LogP contribution in [0.25, 0.3) is 11.2 Å². The van der Waals surface area contributed by atoms with Crippen LogP contribution in [0.5, 0.6) is 0 Å². The quantitative estimate of drug-likeness (QED) is 0.614. The predicted molar refractivity (Wildman–Crippen MR) is 79.8 cm³/mol. The first kappa shape index (κ1) is 14.5. The Hall–Kier alpha value is -1.89. The summed E-state index contributed by atoms with van der Waals surface area (Å²) in [5, 5.41) is 15.7. The van der Waals surface area contributed by atoms with Crippen molar-refractivity contribution in [2.45, 2.75) is 27.2 Å². The van der Waals surface area contributed by atoms with Gasteiger partial charge in [-0.3, -0.25) is 0 Å². The van der Waals surface area contributed by atoms with Crippen molar-refractivity contribution >= 4 is 22.9 Å². The van der Waals surface area contributed by atoms with E-state index in [0.29, 0.717) is 24.0 Å². The number of imidazole rings is 1. The molecule has 0 fully saturated rings. The SMILES string of the molecule is CCCNc1nc(NCC(C)(C)CO)c2[nH]cnc2n1. The van der Waals surface area contributed by atoms with Gasteiger partial charge in [0.05, 0.1) is 6.33 Å². The first-order valence-electron chi connectivity index (χ1n) is 6.85. The Morgan fingerprint density at radius 1 is 1.30 bits per heavy atom. The third-order valence-corrected chi connectivity index (χ3v) is 2.98. The van der Waals surface area contributed by atoms with E-state index in [1.54, 1.807) is 6.33 Å². The number of hydrogen-bond acceptors (Lipinski definition) is 6. The average molecular weight is 278 g/mol. The maximum absolute atomic E-state index is 9.31. The van der Waals surface area contributed by atoms with Crippen LogP contribution in [0, 0.1) is 5.41 Å². The second-order valence-electron chi connectivity index (χ2n) is 5.60. The third kappa shape index (κ3) is 3.36. The number of aromatic amines is 1. The minimum atomic E-state index is -0.214. The number of nitrogens with zero attached hydrogens (tertiary/aromatic N) is 3. The molecule has 7 heteroatoms. The fourth-order valence-electron chi connectivity index (χ4n) is 1.66. The van der Waals surface area contributed by atoms with E-state index in [1.807, 2.05) is 13.8 Å². The number of hydrogen-bond donors (Lipinski definition) is 4. The number of fused-ring (bicyclic) bond motifs is 1. The van der Waals surface area contributed by atoms with E-state index in [4.69, 9.17) is 0 Å². The molecule has 2 aromatic rings. The molecule has 4 N–H and O–H groups in total. The highest BCUT2D eigenvalue weighted by Gasteiger charge is 2.18. The van der Waals surface area contributed by atoms with Crippen molar-refractivity contribution in [2.24, 2.45) is 5.41 Å². The van der Waals surface area contributed by atoms with Gasteiger partial charge in [0.1, 0.15) is 5.52 Å². The topological polar surface area (TPSA) is 98.8 Å². The first-order valence-corrected chi connectivity index (χ1v) is 6.85. The second-order valence-corrected chi connectivity index (χ2v) is 5.60. The molecule has 0 aliphatic rings. The van der Waals surface area contributed by atoms with Crippen LogP contribution in [0.1, 0.15) is 27.2 Å². The fraction of sp³-hybridized carbons (Fsp3) is 0.615. The average Bonchev–Trinajstić information content (AvgIpc) is 2.91. The van der Waals surface area contributed by atoms with Crippen molar-refractivity contribution in [1.82, 2.24) is 19.9 Å². The van der Waals surface area contributed by atoms with Gasteiger partial charge in [-0.05, 0) is 6.42 Å². The number of anilines is 2. The summed E-state index contributed by atoms with van der Waals surface area (Å²) in [5.74, 6) is 1.27. The van der Waals surface area contributed by atoms with Crippen LogP contribution in [0.2, 0.25) is 0 Å². The van der Waals surface area contributed by atoms with E-state index < -0.39 is 0 Å². The summed E-state index contributed by atoms with van der Waals surface area (Å²) < 4.78 is 0. The van der Waals surface area contributed by atoms with Gasteiger partial charge in [0, 0.05) is 25.1 Å². The van der Waals surface area contributed by atoms with E-state index in [9.17, 15) is 5.11 Å². The molecule has 7 nitrogen and oxygen atoms in total. The van der Waals surface area contributed by atoms with Gasteiger partial charge in [-0.15, -0.1) is 0 Å². The minimum Gasteiger partial charge on any atom is -0.396 e. The van der Waals surface area contributed by atoms with Crippen molar-refractivity contribution in [3.05, 3.63) is 6.33 Å². The van der Waals surface area contributed by atoms with Crippen molar-refractivity contribution < 1.29 is 5.11 Å². The zero-order chi connectivity index (χ0) is 14.6. The molecule has 0 bridgehead atoms. The Labute approximate surface area is 118 Å². The Kier molecular flexibility index (Phi) is 4.39. The highest BCUT2D eigenvalue weighted by atomic mass is 16.3. The van der Waals surface area contributed by atoms with Crippen LogP contribution < -0.4 is 10.6 Å². The molecule has 2 heterocycles. The summed E-state index contributed by atoms with van der Waals surface area (Å²) in [6, 6.07) is 0. The lowest BCUT2D eigenvalue weighted by atomic mass is 9.95. The number of rotatable bonds is 7. The standard InChI is InChI=1S/C13H22N6O/c1-4-5-14-12-18-10(15-6-13(2,3)7-20)9-11(19-12)17-8-16-9/h8,20H,4-7H2,1-3H3,(H3,14,15,16,17,18,19). The van der Waals surface area contributed by atoms with Crippen LogP contribution in [0.3, 0.4) is 0 Å². The number of aliphatic hydroxyl groups excluding tert-OH is 1. The van der Waals surface area contributed by atoms with Crippen molar-refractivity contribution in [3.8, 4) is 0 Å². The molecule has 0 radical (unpaired) electrons. The van der Waals surface area contributed by atoms with Crippen LogP contribution in [-0.4, -0.2) is 44.7 Å². The Morgan fingerprint density at radius 2 is 2.10 bits per heavy atom. The van der Waals surface area contributed by atoms with Crippen LogP contribution in [0.15, 0.2) is 6.33 Å². The molecule has 0 atom stereocenters. The number of H-pyrrole nitrogens is 1. The lowest BCUT2D eigenvalue weighted by molar-refractivity contribution is 0.171. The van der Waals surface area contributed by atoms with Crippen LogP contribution in [0.4, 0.5) is 11.8 Å². The van der Waals surface area contributed by atoms with Crippen molar-refractivity contribution in [3.63, 3.8) is 0 Å². The summed E-state index contributed by atoms with van der Waals surface area (Å²) in [4.78, 5) is 16.0. The van der Waals surface area contributed by atoms with Gasteiger partial charge in [0.25, 0.3) is 0 Å². The predicted octanol–water partition coefficient (Wildman–Crippen LogP) is 1.61. The van der Waals surface area contributed by atoms with E-state index >= 15 is 0 Å². The zero-order valence-electron chi connectivity index (χ0n) is 12.2. The fourth-order valence-corrected chi connectivity index (χ4v) is 1.66. The maximum atomic E-state index is 9.31. The summed E-state index contributed by atoms with van der Waals surface area (Å²) >= 11 is 0. The largest absolute Gasteiger partial charge is 0.396 e. The normalized spacial score (nSPS) is 11.8. The summed E-state index contributed by atoms with van der Waals surface area (Å²) in [5.41, 5.74) is 1.19. The monoisotopic (exact) mass is 278 g/mol. The molecule has 0 aliphatic heterocycles. The summed E-state index contributed by atoms with van der Waals surface area (Å²) in [7, 11) is 0. The molecule has 0 aliphatic carbocycles. The second kappa shape index (κ2) is 6.04. The zero-order valence-corrected chi connectivity index (χ0v) is 12.2. The maximum Gasteiger partial charge on any atom is 0.226 e. The molecule has 2 rings (SSSR count). The van der Waals surface area contributed by atoms with Gasteiger partial charge in [-0.2, -0.15) is 9.97 Å². The number of aromatic nitrogens is 4. The van der Waals surface area contributed by atoms with E-state index in [0.717, 1.165) is 18.5 Å². The smallest absolute Gasteiger partial charge is 0.226 e. The molecular formula is C13H22N6O. The molecule has 110 valence electrons. The molecule has 0 unspecified atom stereocenters. The van der Waals surface area contributed by atoms with Crippen molar-refractivity contribution in [2.75, 3.05) is 30.3 Å². The van der Waals surface area contributed by atoms with Gasteiger partial charge in [-0.25, -0.2) is 4.98 Å². The van der Waals surface area contributed by atoms with Gasteiger partial charge in [-0.1, -0.05) is 20.8 Å². The van der Waals surface area contributed by atoms with E-state index in [-0.39, 0.29) is 12.0 Å². The molecule has 0 saturated heterocycles. The Balaban J connectivity index is 2.23. The molecule has 2 aromatic heterocycles. The molecule has 0 saturated carbocycles. The summed E-state index contributed by atoms with van der Waals surface area (Å²) in [6.07, 6.45) is 2.60. The molecule has 0 aromatic carbocycles. The van der Waals surface area contributed by atoms with Crippen molar-refractivity contribution in [1.29, 1.82) is 0 Å². The van der Waals surface area contributed by atoms with E-state index in [1.165, 1.54) is 0 Å². The van der Waals surface area contributed by atoms with Gasteiger partial charge in [0.2, 0.25) is 5.95 Å². The third-order valence-electron chi connectivity index (χ3n) is 2.98. The molecule has 20 heavy (non-hydrogen) atoms. The first-order chi connectivity index (χ1) is 9.55. The lowest BCUT2D eigenvalue weighted by Gasteiger charge is -2.22. The lowest BCUT2D eigenvalue weighted by Crippen LogP contribution is -2.27. The van der Waals surface area contributed by atoms with Gasteiger partial charge in [0.15, 0.2) is 11.5 Å². The number of aliphatic hydroxyl groups is 1. The van der Waals surface area contributed by atoms with Crippen LogP contribution >= 0.6 is 0 Å². The molecule has 0 amide bonds.